The van der Waals surface area contributed by atoms with Crippen LogP contribution in [0.15, 0.2) is 30.3 Å². The van der Waals surface area contributed by atoms with Gasteiger partial charge >= 0.3 is 0 Å². The summed E-state index contributed by atoms with van der Waals surface area (Å²) < 4.78 is 0. The molecule has 1 heterocycles. The molecule has 0 aliphatic carbocycles. The lowest BCUT2D eigenvalue weighted by molar-refractivity contribution is 0.0849. The number of carbonyl (C=O) groups is 2. The van der Waals surface area contributed by atoms with Gasteiger partial charge in [-0.25, -0.2) is 0 Å². The molecule has 0 radical (unpaired) electrons. The molecule has 0 unspecified atom stereocenters. The molecule has 0 aliphatic rings. The van der Waals surface area contributed by atoms with Crippen LogP contribution in [0.5, 0.6) is 0 Å². The van der Waals surface area contributed by atoms with Crippen molar-refractivity contribution in [3.63, 3.8) is 0 Å². The summed E-state index contributed by atoms with van der Waals surface area (Å²) in [5, 5.41) is 0. The van der Waals surface area contributed by atoms with E-state index in [4.69, 9.17) is 0 Å². The Morgan fingerprint density at radius 3 is 2.57 bits per heavy atom. The molecule has 2 amide bonds. The Bertz CT molecular complexity index is 710. The molecule has 1 aromatic carbocycles. The van der Waals surface area contributed by atoms with Crippen LogP contribution in [0.2, 0.25) is 0 Å². The maximum Gasteiger partial charge on any atom is 0.279 e. The van der Waals surface area contributed by atoms with E-state index in [0.717, 1.165) is 23.3 Å². The minimum atomic E-state index is -0.315. The van der Waals surface area contributed by atoms with Crippen LogP contribution in [0.25, 0.3) is 0 Å². The van der Waals surface area contributed by atoms with Crippen LogP contribution in [0.3, 0.4) is 0 Å². The summed E-state index contributed by atoms with van der Waals surface area (Å²) in [6.45, 7) is 4.05. The second kappa shape index (κ2) is 8.17. The van der Waals surface area contributed by atoms with Crippen LogP contribution < -0.4 is 10.9 Å². The summed E-state index contributed by atoms with van der Waals surface area (Å²) in [6, 6.07) is 9.24. The zero-order valence-electron chi connectivity index (χ0n) is 13.4. The van der Waals surface area contributed by atoms with Crippen LogP contribution in [0.1, 0.15) is 43.0 Å². The van der Waals surface area contributed by atoms with E-state index in [0.29, 0.717) is 10.4 Å². The average Bonchev–Trinajstić information content (AvgIpc) is 2.94. The van der Waals surface area contributed by atoms with Gasteiger partial charge in [0.1, 0.15) is 0 Å². The van der Waals surface area contributed by atoms with Gasteiger partial charge in [-0.2, -0.15) is 11.8 Å². The number of amides is 2. The second-order valence-electron chi connectivity index (χ2n) is 5.11. The van der Waals surface area contributed by atoms with Crippen LogP contribution in [-0.4, -0.2) is 18.1 Å². The van der Waals surface area contributed by atoms with Crippen molar-refractivity contribution >= 4 is 34.9 Å². The fourth-order valence-corrected chi connectivity index (χ4v) is 3.72. The molecule has 6 heteroatoms. The van der Waals surface area contributed by atoms with Gasteiger partial charge in [0.15, 0.2) is 0 Å². The molecule has 4 nitrogen and oxygen atoms in total. The van der Waals surface area contributed by atoms with E-state index < -0.39 is 0 Å². The first-order valence-corrected chi connectivity index (χ1v) is 9.54. The number of thiophene rings is 1. The van der Waals surface area contributed by atoms with Crippen molar-refractivity contribution in [3.05, 3.63) is 56.8 Å². The Balaban J connectivity index is 1.98. The molecule has 0 bridgehead atoms. The van der Waals surface area contributed by atoms with E-state index in [2.05, 4.69) is 17.8 Å². The smallest absolute Gasteiger partial charge is 0.267 e. The van der Waals surface area contributed by atoms with Crippen LogP contribution >= 0.6 is 23.1 Å². The number of aryl methyl sites for hydroxylation is 2. The molecular formula is C17H20N2O2S2. The third-order valence-electron chi connectivity index (χ3n) is 3.36. The molecule has 0 saturated heterocycles. The minimum Gasteiger partial charge on any atom is -0.267 e. The van der Waals surface area contributed by atoms with Gasteiger partial charge in [0.2, 0.25) is 0 Å². The molecular weight excluding hydrogens is 328 g/mol. The lowest BCUT2D eigenvalue weighted by atomic mass is 10.1. The van der Waals surface area contributed by atoms with Gasteiger partial charge in [0.25, 0.3) is 11.8 Å². The maximum atomic E-state index is 12.1. The highest BCUT2D eigenvalue weighted by Crippen LogP contribution is 2.22. The standard InChI is InChI=1S/C17H20N2O2S2/c1-4-14-11(2)8-15(23-14)17(21)19-18-16(20)13-7-5-6-12(9-13)10-22-3/h5-9H,4,10H2,1-3H3,(H,18,20)(H,19,21). The highest BCUT2D eigenvalue weighted by Gasteiger charge is 2.13. The third kappa shape index (κ3) is 4.59. The van der Waals surface area contributed by atoms with E-state index in [1.165, 1.54) is 16.2 Å². The van der Waals surface area contributed by atoms with E-state index in [9.17, 15) is 9.59 Å². The van der Waals surface area contributed by atoms with E-state index in [1.54, 1.807) is 17.8 Å². The monoisotopic (exact) mass is 348 g/mol. The summed E-state index contributed by atoms with van der Waals surface area (Å²) in [4.78, 5) is 26.0. The Morgan fingerprint density at radius 2 is 1.91 bits per heavy atom. The van der Waals surface area contributed by atoms with Crippen molar-refractivity contribution in [1.82, 2.24) is 10.9 Å². The number of hydrogen-bond acceptors (Lipinski definition) is 4. The molecule has 0 saturated carbocycles. The summed E-state index contributed by atoms with van der Waals surface area (Å²) in [7, 11) is 0. The molecule has 0 fully saturated rings. The predicted octanol–water partition coefficient (Wildman–Crippen LogP) is 3.56. The molecule has 2 N–H and O–H groups in total. The number of benzene rings is 1. The quantitative estimate of drug-likeness (QED) is 0.812. The summed E-state index contributed by atoms with van der Waals surface area (Å²) in [6.07, 6.45) is 2.92. The normalized spacial score (nSPS) is 10.4. The molecule has 1 aromatic heterocycles. The number of rotatable bonds is 5. The third-order valence-corrected chi connectivity index (χ3v) is 5.36. The van der Waals surface area contributed by atoms with Gasteiger partial charge in [0.05, 0.1) is 4.88 Å². The van der Waals surface area contributed by atoms with Gasteiger partial charge in [0, 0.05) is 16.2 Å². The largest absolute Gasteiger partial charge is 0.279 e. The Hall–Kier alpha value is -1.79. The van der Waals surface area contributed by atoms with Gasteiger partial charge in [-0.1, -0.05) is 19.1 Å². The first-order chi connectivity index (χ1) is 11.0. The molecule has 0 aliphatic heterocycles. The molecule has 0 atom stereocenters. The number of hydrazine groups is 1. The maximum absolute atomic E-state index is 12.1. The SMILES string of the molecule is CCc1sc(C(=O)NNC(=O)c2cccc(CSC)c2)cc1C. The minimum absolute atomic E-state index is 0.286. The molecule has 0 spiro atoms. The van der Waals surface area contributed by atoms with Crippen molar-refractivity contribution < 1.29 is 9.59 Å². The van der Waals surface area contributed by atoms with Crippen molar-refractivity contribution in [2.75, 3.05) is 6.26 Å². The topological polar surface area (TPSA) is 58.2 Å². The lowest BCUT2D eigenvalue weighted by Gasteiger charge is -2.07. The highest BCUT2D eigenvalue weighted by atomic mass is 32.2. The molecule has 23 heavy (non-hydrogen) atoms. The highest BCUT2D eigenvalue weighted by molar-refractivity contribution is 7.97. The lowest BCUT2D eigenvalue weighted by Crippen LogP contribution is -2.41. The first kappa shape index (κ1) is 17.6. The van der Waals surface area contributed by atoms with Crippen LogP contribution in [0, 0.1) is 6.92 Å². The Kier molecular flexibility index (Phi) is 6.24. The number of nitrogens with one attached hydrogen (secondary N) is 2. The Morgan fingerprint density at radius 1 is 1.17 bits per heavy atom. The van der Waals surface area contributed by atoms with Crippen LogP contribution in [0.4, 0.5) is 0 Å². The second-order valence-corrected chi connectivity index (χ2v) is 7.11. The zero-order valence-corrected chi connectivity index (χ0v) is 15.1. The first-order valence-electron chi connectivity index (χ1n) is 7.33. The number of carbonyl (C=O) groups excluding carboxylic acids is 2. The fraction of sp³-hybridized carbons (Fsp3) is 0.294. The van der Waals surface area contributed by atoms with Crippen molar-refractivity contribution in [2.24, 2.45) is 0 Å². The number of thioether (sulfide) groups is 1. The average molecular weight is 348 g/mol. The van der Waals surface area contributed by atoms with E-state index >= 15 is 0 Å². The number of hydrogen-bond donors (Lipinski definition) is 2. The van der Waals surface area contributed by atoms with E-state index in [1.807, 2.05) is 37.4 Å². The van der Waals surface area contributed by atoms with Crippen molar-refractivity contribution in [3.8, 4) is 0 Å². The van der Waals surface area contributed by atoms with Gasteiger partial charge in [-0.3, -0.25) is 20.4 Å². The predicted molar refractivity (Wildman–Crippen MR) is 97.0 cm³/mol. The summed E-state index contributed by atoms with van der Waals surface area (Å²) in [5.74, 6) is 0.249. The molecule has 122 valence electrons. The zero-order chi connectivity index (χ0) is 16.8. The Labute approximate surface area is 144 Å². The van der Waals surface area contributed by atoms with E-state index in [-0.39, 0.29) is 11.8 Å². The fourth-order valence-electron chi connectivity index (χ4n) is 2.20. The van der Waals surface area contributed by atoms with Gasteiger partial charge in [-0.05, 0) is 48.9 Å². The summed E-state index contributed by atoms with van der Waals surface area (Å²) in [5.41, 5.74) is 7.68. The van der Waals surface area contributed by atoms with Crippen LogP contribution in [-0.2, 0) is 12.2 Å². The van der Waals surface area contributed by atoms with Gasteiger partial charge < -0.3 is 0 Å². The molecule has 2 aromatic rings. The van der Waals surface area contributed by atoms with Crippen molar-refractivity contribution in [1.29, 1.82) is 0 Å². The summed E-state index contributed by atoms with van der Waals surface area (Å²) >= 11 is 3.15. The molecule has 2 rings (SSSR count). The van der Waals surface area contributed by atoms with Crippen molar-refractivity contribution in [2.45, 2.75) is 26.0 Å². The van der Waals surface area contributed by atoms with Gasteiger partial charge in [-0.15, -0.1) is 11.3 Å².